The Labute approximate surface area is 234 Å². The Morgan fingerprint density at radius 3 is 2.27 bits per heavy atom. The van der Waals surface area contributed by atoms with Gasteiger partial charge in [0.2, 0.25) is 11.8 Å². The number of aliphatic hydroxyl groups is 1. The van der Waals surface area contributed by atoms with Gasteiger partial charge in [0.15, 0.2) is 0 Å². The SMILES string of the molecule is COc1cc(OC)c(NC(=O)Cn2c(=O)n(CC(=O)NCCOCCOCCO)c(=O)c3ccccc32)cc1Cl. The minimum absolute atomic E-state index is 0.0805. The summed E-state index contributed by atoms with van der Waals surface area (Å²) >= 11 is 6.19. The molecule has 0 saturated heterocycles. The number of halogens is 1. The molecule has 3 rings (SSSR count). The van der Waals surface area contributed by atoms with Gasteiger partial charge in [0, 0.05) is 12.6 Å². The molecule has 14 heteroatoms. The molecule has 0 aliphatic rings. The maximum Gasteiger partial charge on any atom is 0.332 e. The van der Waals surface area contributed by atoms with Crippen LogP contribution in [0.4, 0.5) is 5.69 Å². The highest BCUT2D eigenvalue weighted by Crippen LogP contribution is 2.35. The zero-order chi connectivity index (χ0) is 29.1. The molecule has 216 valence electrons. The smallest absolute Gasteiger partial charge is 0.332 e. The number of aliphatic hydroxyl groups excluding tert-OH is 1. The number of benzene rings is 2. The van der Waals surface area contributed by atoms with Crippen molar-refractivity contribution in [2.24, 2.45) is 0 Å². The van der Waals surface area contributed by atoms with Gasteiger partial charge in [-0.3, -0.25) is 23.5 Å². The number of aromatic nitrogens is 2. The fraction of sp³-hybridized carbons (Fsp3) is 0.385. The van der Waals surface area contributed by atoms with Gasteiger partial charge in [-0.05, 0) is 18.2 Å². The molecule has 1 heterocycles. The average Bonchev–Trinajstić information content (AvgIpc) is 2.95. The van der Waals surface area contributed by atoms with Crippen molar-refractivity contribution in [1.82, 2.24) is 14.5 Å². The molecule has 0 saturated carbocycles. The van der Waals surface area contributed by atoms with Crippen molar-refractivity contribution in [3.05, 3.63) is 62.3 Å². The van der Waals surface area contributed by atoms with Gasteiger partial charge < -0.3 is 34.7 Å². The Bertz CT molecular complexity index is 1450. The molecule has 0 fully saturated rings. The topological polar surface area (TPSA) is 159 Å². The van der Waals surface area contributed by atoms with E-state index in [0.29, 0.717) is 12.4 Å². The lowest BCUT2D eigenvalue weighted by molar-refractivity contribution is -0.122. The molecule has 3 N–H and O–H groups in total. The van der Waals surface area contributed by atoms with E-state index in [0.717, 1.165) is 9.13 Å². The number of nitrogens with zero attached hydrogens (tertiary/aromatic N) is 2. The Kier molecular flexibility index (Phi) is 11.5. The van der Waals surface area contributed by atoms with Crippen molar-refractivity contribution in [2.45, 2.75) is 13.1 Å². The summed E-state index contributed by atoms with van der Waals surface area (Å²) in [5.74, 6) is -0.539. The van der Waals surface area contributed by atoms with Crippen molar-refractivity contribution in [3.63, 3.8) is 0 Å². The van der Waals surface area contributed by atoms with Crippen LogP contribution in [-0.2, 0) is 32.2 Å². The predicted molar refractivity (Wildman–Crippen MR) is 147 cm³/mol. The number of nitrogens with one attached hydrogen (secondary N) is 2. The van der Waals surface area contributed by atoms with Crippen LogP contribution in [-0.4, -0.2) is 79.9 Å². The van der Waals surface area contributed by atoms with Gasteiger partial charge in [-0.1, -0.05) is 23.7 Å². The summed E-state index contributed by atoms with van der Waals surface area (Å²) in [5, 5.41) is 14.3. The molecule has 2 aromatic carbocycles. The summed E-state index contributed by atoms with van der Waals surface area (Å²) in [6, 6.07) is 9.27. The third-order valence-corrected chi connectivity index (χ3v) is 5.96. The zero-order valence-corrected chi connectivity index (χ0v) is 22.9. The summed E-state index contributed by atoms with van der Waals surface area (Å²) < 4.78 is 22.7. The van der Waals surface area contributed by atoms with Crippen LogP contribution in [0.3, 0.4) is 0 Å². The zero-order valence-electron chi connectivity index (χ0n) is 22.1. The van der Waals surface area contributed by atoms with E-state index in [4.69, 9.17) is 35.7 Å². The van der Waals surface area contributed by atoms with Crippen LogP contribution in [0, 0.1) is 0 Å². The Hall–Kier alpha value is -3.91. The van der Waals surface area contributed by atoms with Gasteiger partial charge in [-0.15, -0.1) is 0 Å². The lowest BCUT2D eigenvalue weighted by Crippen LogP contribution is -2.45. The predicted octanol–water partition coefficient (Wildman–Crippen LogP) is 0.614. The number of rotatable bonds is 15. The lowest BCUT2D eigenvalue weighted by Gasteiger charge is -2.16. The van der Waals surface area contributed by atoms with Crippen molar-refractivity contribution >= 4 is 40.0 Å². The summed E-state index contributed by atoms with van der Waals surface area (Å²) in [4.78, 5) is 51.9. The molecule has 13 nitrogen and oxygen atoms in total. The third-order valence-electron chi connectivity index (χ3n) is 5.66. The molecule has 0 spiro atoms. The number of fused-ring (bicyclic) bond motifs is 1. The normalized spacial score (nSPS) is 10.9. The van der Waals surface area contributed by atoms with Crippen molar-refractivity contribution in [3.8, 4) is 11.5 Å². The Morgan fingerprint density at radius 2 is 1.57 bits per heavy atom. The number of hydrogen-bond donors (Lipinski definition) is 3. The monoisotopic (exact) mass is 578 g/mol. The maximum absolute atomic E-state index is 13.3. The molecular weight excluding hydrogens is 548 g/mol. The van der Waals surface area contributed by atoms with Crippen LogP contribution in [0.15, 0.2) is 46.0 Å². The number of carbonyl (C=O) groups excluding carboxylic acids is 2. The summed E-state index contributed by atoms with van der Waals surface area (Å²) in [5.41, 5.74) is -0.995. The van der Waals surface area contributed by atoms with Gasteiger partial charge >= 0.3 is 5.69 Å². The van der Waals surface area contributed by atoms with E-state index < -0.39 is 36.2 Å². The van der Waals surface area contributed by atoms with Gasteiger partial charge in [0.05, 0.1) is 68.9 Å². The summed E-state index contributed by atoms with van der Waals surface area (Å²) in [7, 11) is 2.86. The lowest BCUT2D eigenvalue weighted by atomic mass is 10.2. The number of carbonyl (C=O) groups is 2. The third kappa shape index (κ3) is 7.82. The standard InChI is InChI=1S/C26H31ClN4O9/c1-37-21-14-22(38-2)19(13-18(21)27)29-24(34)16-30-20-6-4-3-5-17(20)25(35)31(26(30)36)15-23(33)28-7-9-39-11-12-40-10-8-32/h3-6,13-14,32H,7-12,15-16H2,1-2H3,(H,28,33)(H,29,34). The number of methoxy groups -OCH3 is 2. The molecule has 0 bridgehead atoms. The Balaban J connectivity index is 1.76. The number of hydrogen-bond acceptors (Lipinski definition) is 9. The van der Waals surface area contributed by atoms with E-state index in [1.165, 1.54) is 32.4 Å². The number of anilines is 1. The van der Waals surface area contributed by atoms with E-state index in [-0.39, 0.29) is 60.3 Å². The summed E-state index contributed by atoms with van der Waals surface area (Å²) in [6.07, 6.45) is 0. The molecule has 0 aliphatic heterocycles. The van der Waals surface area contributed by atoms with Crippen molar-refractivity contribution in [1.29, 1.82) is 0 Å². The Morgan fingerprint density at radius 1 is 0.900 bits per heavy atom. The van der Waals surface area contributed by atoms with Crippen molar-refractivity contribution in [2.75, 3.05) is 59.1 Å². The second kappa shape index (κ2) is 15.0. The molecule has 1 aromatic heterocycles. The molecule has 2 amide bonds. The van der Waals surface area contributed by atoms with Gasteiger partial charge in [0.1, 0.15) is 24.6 Å². The van der Waals surface area contributed by atoms with Crippen molar-refractivity contribution < 1.29 is 33.6 Å². The molecule has 0 atom stereocenters. The molecule has 0 unspecified atom stereocenters. The van der Waals surface area contributed by atoms with E-state index >= 15 is 0 Å². The first kappa shape index (κ1) is 30.6. The van der Waals surface area contributed by atoms with E-state index in [2.05, 4.69) is 10.6 Å². The van der Waals surface area contributed by atoms with Gasteiger partial charge in [0.25, 0.3) is 5.56 Å². The van der Waals surface area contributed by atoms with Crippen LogP contribution >= 0.6 is 11.6 Å². The minimum Gasteiger partial charge on any atom is -0.495 e. The van der Waals surface area contributed by atoms with Crippen LogP contribution in [0.1, 0.15) is 0 Å². The van der Waals surface area contributed by atoms with Crippen LogP contribution in [0.2, 0.25) is 5.02 Å². The van der Waals surface area contributed by atoms with Gasteiger partial charge in [-0.2, -0.15) is 0 Å². The quantitative estimate of drug-likeness (QED) is 0.220. The molecule has 0 radical (unpaired) electrons. The number of ether oxygens (including phenoxy) is 4. The fourth-order valence-corrected chi connectivity index (χ4v) is 4.04. The largest absolute Gasteiger partial charge is 0.495 e. The summed E-state index contributed by atoms with van der Waals surface area (Å²) in [6.45, 7) is 0.0282. The first-order valence-electron chi connectivity index (χ1n) is 12.3. The number of amides is 2. The second-order valence-electron chi connectivity index (χ2n) is 8.31. The van der Waals surface area contributed by atoms with E-state index in [1.807, 2.05) is 0 Å². The average molecular weight is 579 g/mol. The molecule has 3 aromatic rings. The fourth-order valence-electron chi connectivity index (χ4n) is 3.80. The highest BCUT2D eigenvalue weighted by Gasteiger charge is 2.19. The first-order valence-corrected chi connectivity index (χ1v) is 12.6. The first-order chi connectivity index (χ1) is 19.3. The van der Waals surface area contributed by atoms with Crippen LogP contribution in [0.5, 0.6) is 11.5 Å². The molecule has 0 aliphatic carbocycles. The highest BCUT2D eigenvalue weighted by atomic mass is 35.5. The second-order valence-corrected chi connectivity index (χ2v) is 8.72. The molecule has 40 heavy (non-hydrogen) atoms. The maximum atomic E-state index is 13.3. The number of para-hydroxylation sites is 1. The van der Waals surface area contributed by atoms with E-state index in [9.17, 15) is 19.2 Å². The highest BCUT2D eigenvalue weighted by molar-refractivity contribution is 6.32. The van der Waals surface area contributed by atoms with Crippen LogP contribution < -0.4 is 31.4 Å². The molecular formula is C26H31ClN4O9. The minimum atomic E-state index is -0.828. The van der Waals surface area contributed by atoms with Crippen LogP contribution in [0.25, 0.3) is 10.9 Å². The van der Waals surface area contributed by atoms with Gasteiger partial charge in [-0.25, -0.2) is 4.79 Å². The van der Waals surface area contributed by atoms with E-state index in [1.54, 1.807) is 18.2 Å².